The lowest BCUT2D eigenvalue weighted by atomic mass is 9.79. The molecule has 254 valence electrons. The number of aliphatic hydroxyl groups is 1. The Balaban J connectivity index is 1.28. The summed E-state index contributed by atoms with van der Waals surface area (Å²) in [7, 11) is 1.67. The van der Waals surface area contributed by atoms with Crippen molar-refractivity contribution in [2.45, 2.75) is 96.5 Å². The molecule has 0 saturated heterocycles. The number of methoxy groups -OCH3 is 1. The highest BCUT2D eigenvalue weighted by Crippen LogP contribution is 2.38. The van der Waals surface area contributed by atoms with Crippen LogP contribution in [0.4, 0.5) is 10.5 Å². The van der Waals surface area contributed by atoms with Gasteiger partial charge in [-0.05, 0) is 94.9 Å². The predicted octanol–water partition coefficient (Wildman–Crippen LogP) is 7.15. The fourth-order valence-corrected chi connectivity index (χ4v) is 6.86. The number of carbonyl (C=O) groups excluding carboxylic acids is 2. The van der Waals surface area contributed by atoms with Gasteiger partial charge in [-0.25, -0.2) is 9.78 Å². The molecule has 2 N–H and O–H groups in total. The van der Waals surface area contributed by atoms with Gasteiger partial charge in [0.15, 0.2) is 5.89 Å². The van der Waals surface area contributed by atoms with Gasteiger partial charge in [-0.2, -0.15) is 0 Å². The molecule has 2 fully saturated rings. The number of carbonyl (C=O) groups is 2. The van der Waals surface area contributed by atoms with Crippen LogP contribution in [0.2, 0.25) is 0 Å². The zero-order valence-corrected chi connectivity index (χ0v) is 28.2. The van der Waals surface area contributed by atoms with Gasteiger partial charge >= 0.3 is 6.09 Å². The van der Waals surface area contributed by atoms with E-state index in [1.807, 2.05) is 36.1 Å². The van der Waals surface area contributed by atoms with Crippen LogP contribution in [0.25, 0.3) is 11.3 Å². The van der Waals surface area contributed by atoms with E-state index < -0.39 is 6.09 Å². The van der Waals surface area contributed by atoms with Gasteiger partial charge in [0.1, 0.15) is 23.8 Å². The highest BCUT2D eigenvalue weighted by Gasteiger charge is 2.34. The lowest BCUT2D eigenvalue weighted by Gasteiger charge is -2.36. The van der Waals surface area contributed by atoms with E-state index in [-0.39, 0.29) is 30.5 Å². The molecular formula is C37H50N4O6. The third-order valence-electron chi connectivity index (χ3n) is 9.62. The largest absolute Gasteiger partial charge is 0.495 e. The number of aliphatic hydroxyl groups excluding tert-OH is 1. The number of hydrogen-bond donors (Lipinski definition) is 2. The second kappa shape index (κ2) is 16.3. The Morgan fingerprint density at radius 2 is 1.81 bits per heavy atom. The first-order valence-electron chi connectivity index (χ1n) is 17.2. The number of ether oxygens (including phenoxy) is 2. The highest BCUT2D eigenvalue weighted by molar-refractivity contribution is 5.95. The first-order chi connectivity index (χ1) is 22.7. The summed E-state index contributed by atoms with van der Waals surface area (Å²) in [6, 6.07) is 12.2. The molecule has 2 aliphatic rings. The fraction of sp³-hybridized carbons (Fsp3) is 0.568. The summed E-state index contributed by atoms with van der Waals surface area (Å²) in [6.07, 6.45) is 8.24. The number of pyridine rings is 1. The average molecular weight is 647 g/mol. The normalized spacial score (nSPS) is 21.3. The van der Waals surface area contributed by atoms with Crippen molar-refractivity contribution >= 4 is 17.7 Å². The van der Waals surface area contributed by atoms with Crippen molar-refractivity contribution in [3.63, 3.8) is 0 Å². The Labute approximate surface area is 278 Å². The summed E-state index contributed by atoms with van der Waals surface area (Å²) in [5.74, 6) is 2.46. The van der Waals surface area contributed by atoms with E-state index >= 15 is 0 Å². The molecule has 2 saturated carbocycles. The minimum Gasteiger partial charge on any atom is -0.495 e. The third-order valence-corrected chi connectivity index (χ3v) is 9.62. The standard InChI is InChI=1S/C37H50N4O6/c1-24(2)35-40-33(23-46-35)29-7-5-8-30(21-29)41(36(43)28-13-15-31(16-14-28)47-37(44)38-19-6-20-42)22-26-9-11-27(12-10-26)32-17-18-34(45-4)25(3)39-32/h5,7-8,17-18,21,23-24,26-28,31,42H,6,9-16,19-20,22H2,1-4H3,(H,38,44). The Hall–Kier alpha value is -3.92. The van der Waals surface area contributed by atoms with Crippen LogP contribution in [0, 0.1) is 18.8 Å². The quantitative estimate of drug-likeness (QED) is 0.199. The van der Waals surface area contributed by atoms with Gasteiger partial charge in [0, 0.05) is 54.4 Å². The van der Waals surface area contributed by atoms with E-state index in [4.69, 9.17) is 29.0 Å². The number of nitrogens with one attached hydrogen (secondary N) is 1. The lowest BCUT2D eigenvalue weighted by molar-refractivity contribution is -0.124. The summed E-state index contributed by atoms with van der Waals surface area (Å²) >= 11 is 0. The number of alkyl carbamates (subject to hydrolysis) is 1. The van der Waals surface area contributed by atoms with Gasteiger partial charge in [0.25, 0.3) is 0 Å². The van der Waals surface area contributed by atoms with Crippen molar-refractivity contribution in [3.05, 3.63) is 59.9 Å². The predicted molar refractivity (Wildman–Crippen MR) is 181 cm³/mol. The third kappa shape index (κ3) is 8.91. The van der Waals surface area contributed by atoms with Crippen LogP contribution in [0.3, 0.4) is 0 Å². The number of amides is 2. The van der Waals surface area contributed by atoms with E-state index in [0.29, 0.717) is 62.9 Å². The van der Waals surface area contributed by atoms with Crippen LogP contribution >= 0.6 is 0 Å². The van der Waals surface area contributed by atoms with Crippen molar-refractivity contribution in [3.8, 4) is 17.0 Å². The fourth-order valence-electron chi connectivity index (χ4n) is 6.86. The smallest absolute Gasteiger partial charge is 0.407 e. The molecule has 0 unspecified atom stereocenters. The SMILES string of the molecule is COc1ccc(C2CCC(CN(C(=O)C3CCC(OC(=O)NCCCO)CC3)c3cccc(-c4coc(C(C)C)n4)c3)CC2)nc1C. The van der Waals surface area contributed by atoms with E-state index in [2.05, 4.69) is 31.3 Å². The van der Waals surface area contributed by atoms with Gasteiger partial charge in [-0.1, -0.05) is 26.0 Å². The summed E-state index contributed by atoms with van der Waals surface area (Å²) in [5.41, 5.74) is 4.60. The molecule has 2 amide bonds. The Kier molecular flexibility index (Phi) is 11.9. The molecule has 10 heteroatoms. The number of hydrogen-bond acceptors (Lipinski definition) is 8. The molecule has 3 aromatic rings. The molecule has 0 radical (unpaired) electrons. The number of anilines is 1. The number of benzene rings is 1. The topological polar surface area (TPSA) is 127 Å². The van der Waals surface area contributed by atoms with Crippen molar-refractivity contribution < 1.29 is 28.6 Å². The number of nitrogens with zero attached hydrogens (tertiary/aromatic N) is 3. The Morgan fingerprint density at radius 3 is 2.47 bits per heavy atom. The van der Waals surface area contributed by atoms with Crippen molar-refractivity contribution in [1.82, 2.24) is 15.3 Å². The van der Waals surface area contributed by atoms with Gasteiger partial charge in [-0.3, -0.25) is 9.78 Å². The van der Waals surface area contributed by atoms with E-state index in [1.165, 1.54) is 0 Å². The molecule has 0 aliphatic heterocycles. The Bertz CT molecular complexity index is 1470. The molecule has 0 atom stereocenters. The number of aryl methyl sites for hydroxylation is 1. The summed E-state index contributed by atoms with van der Waals surface area (Å²) in [5, 5.41) is 11.6. The summed E-state index contributed by atoms with van der Waals surface area (Å²) < 4.78 is 16.7. The minimum atomic E-state index is -0.462. The minimum absolute atomic E-state index is 0.0193. The van der Waals surface area contributed by atoms with Crippen LogP contribution in [0.15, 0.2) is 47.1 Å². The summed E-state index contributed by atoms with van der Waals surface area (Å²) in [6.45, 7) is 7.15. The zero-order chi connectivity index (χ0) is 33.3. The molecule has 10 nitrogen and oxygen atoms in total. The van der Waals surface area contributed by atoms with Crippen molar-refractivity contribution in [1.29, 1.82) is 0 Å². The zero-order valence-electron chi connectivity index (χ0n) is 28.2. The molecule has 1 aromatic carbocycles. The molecule has 2 heterocycles. The number of rotatable bonds is 12. The molecule has 2 aromatic heterocycles. The van der Waals surface area contributed by atoms with Crippen molar-refractivity contribution in [2.75, 3.05) is 31.7 Å². The van der Waals surface area contributed by atoms with Crippen LogP contribution in [0.1, 0.15) is 101 Å². The van der Waals surface area contributed by atoms with E-state index in [9.17, 15) is 9.59 Å². The average Bonchev–Trinajstić information content (AvgIpc) is 3.59. The molecule has 47 heavy (non-hydrogen) atoms. The monoisotopic (exact) mass is 646 g/mol. The number of oxazole rings is 1. The maximum absolute atomic E-state index is 14.3. The molecule has 2 aliphatic carbocycles. The second-order valence-corrected chi connectivity index (χ2v) is 13.3. The van der Waals surface area contributed by atoms with Gasteiger partial charge < -0.3 is 29.2 Å². The first-order valence-corrected chi connectivity index (χ1v) is 17.2. The van der Waals surface area contributed by atoms with Crippen LogP contribution < -0.4 is 15.0 Å². The van der Waals surface area contributed by atoms with Crippen LogP contribution in [-0.2, 0) is 9.53 Å². The summed E-state index contributed by atoms with van der Waals surface area (Å²) in [4.78, 5) is 38.0. The van der Waals surface area contributed by atoms with Gasteiger partial charge in [-0.15, -0.1) is 0 Å². The molecule has 5 rings (SSSR count). The van der Waals surface area contributed by atoms with E-state index in [1.54, 1.807) is 13.4 Å². The lowest BCUT2D eigenvalue weighted by Crippen LogP contribution is -2.42. The first kappa shape index (κ1) is 34.4. The molecule has 0 bridgehead atoms. The van der Waals surface area contributed by atoms with Crippen LogP contribution in [-0.4, -0.2) is 60.0 Å². The molecule has 0 spiro atoms. The molecular weight excluding hydrogens is 596 g/mol. The van der Waals surface area contributed by atoms with E-state index in [0.717, 1.165) is 59.8 Å². The van der Waals surface area contributed by atoms with Crippen LogP contribution in [0.5, 0.6) is 5.75 Å². The van der Waals surface area contributed by atoms with Gasteiger partial charge in [0.2, 0.25) is 5.91 Å². The second-order valence-electron chi connectivity index (χ2n) is 13.3. The Morgan fingerprint density at radius 1 is 1.04 bits per heavy atom. The van der Waals surface area contributed by atoms with Crippen molar-refractivity contribution in [2.24, 2.45) is 11.8 Å². The highest BCUT2D eigenvalue weighted by atomic mass is 16.6. The maximum atomic E-state index is 14.3. The van der Waals surface area contributed by atoms with Gasteiger partial charge in [0.05, 0.1) is 12.8 Å². The number of aromatic nitrogens is 2. The maximum Gasteiger partial charge on any atom is 0.407 e.